The van der Waals surface area contributed by atoms with E-state index in [2.05, 4.69) is 16.8 Å². The number of carboxylic acid groups (broad SMARTS) is 1. The second kappa shape index (κ2) is 9.68. The quantitative estimate of drug-likeness (QED) is 0.490. The van der Waals surface area contributed by atoms with Crippen LogP contribution in [0.5, 0.6) is 5.75 Å². The molecule has 35 heavy (non-hydrogen) atoms. The molecule has 3 N–H and O–H groups in total. The number of rotatable bonds is 6. The molecule has 1 aromatic carbocycles. The third-order valence-electron chi connectivity index (χ3n) is 6.24. The SMILES string of the molecule is CC#CCn1c(N2CCC[C@@H](N)C2)nc2c1c(=O)n(Cc1cc(OC)ccc1C(=O)O)c(=O)n2C. The number of anilines is 1. The molecule has 1 aliphatic rings. The molecular weight excluding hydrogens is 452 g/mol. The molecule has 1 fully saturated rings. The van der Waals surface area contributed by atoms with Crippen LogP contribution in [-0.4, -0.2) is 56.0 Å². The van der Waals surface area contributed by atoms with E-state index in [0.717, 1.165) is 24.0 Å². The number of aromatic nitrogens is 4. The van der Waals surface area contributed by atoms with Gasteiger partial charge in [-0.15, -0.1) is 5.92 Å². The molecule has 0 unspecified atom stereocenters. The van der Waals surface area contributed by atoms with Gasteiger partial charge in [0, 0.05) is 26.2 Å². The Hall–Kier alpha value is -4.04. The van der Waals surface area contributed by atoms with Crippen LogP contribution in [-0.2, 0) is 20.1 Å². The van der Waals surface area contributed by atoms with Crippen LogP contribution in [0.25, 0.3) is 11.2 Å². The molecule has 2 aromatic heterocycles. The maximum Gasteiger partial charge on any atom is 0.336 e. The molecule has 0 amide bonds. The van der Waals surface area contributed by atoms with Crippen molar-refractivity contribution in [1.29, 1.82) is 0 Å². The Kier molecular flexibility index (Phi) is 6.66. The van der Waals surface area contributed by atoms with Crippen molar-refractivity contribution < 1.29 is 14.6 Å². The van der Waals surface area contributed by atoms with Gasteiger partial charge in [0.2, 0.25) is 5.95 Å². The predicted octanol–water partition coefficient (Wildman–Crippen LogP) is 0.603. The van der Waals surface area contributed by atoms with Crippen LogP contribution in [0.1, 0.15) is 35.7 Å². The first-order valence-electron chi connectivity index (χ1n) is 11.3. The van der Waals surface area contributed by atoms with Crippen molar-refractivity contribution in [2.75, 3.05) is 25.1 Å². The summed E-state index contributed by atoms with van der Waals surface area (Å²) < 4.78 is 9.26. The van der Waals surface area contributed by atoms with Crippen molar-refractivity contribution in [2.45, 2.75) is 38.9 Å². The summed E-state index contributed by atoms with van der Waals surface area (Å²) in [7, 11) is 3.00. The summed E-state index contributed by atoms with van der Waals surface area (Å²) in [6, 6.07) is 4.41. The fourth-order valence-electron chi connectivity index (χ4n) is 4.45. The van der Waals surface area contributed by atoms with E-state index in [1.54, 1.807) is 18.5 Å². The van der Waals surface area contributed by atoms with E-state index in [1.165, 1.54) is 29.9 Å². The molecule has 0 saturated carbocycles. The molecule has 4 rings (SSSR count). The first kappa shape index (κ1) is 24.1. The van der Waals surface area contributed by atoms with E-state index in [-0.39, 0.29) is 41.4 Å². The predicted molar refractivity (Wildman–Crippen MR) is 131 cm³/mol. The molecule has 0 aliphatic carbocycles. The Morgan fingerprint density at radius 3 is 2.74 bits per heavy atom. The Morgan fingerprint density at radius 1 is 1.31 bits per heavy atom. The number of methoxy groups -OCH3 is 1. The molecule has 1 aliphatic heterocycles. The number of aromatic carboxylic acids is 1. The number of piperidine rings is 1. The van der Waals surface area contributed by atoms with Crippen molar-refractivity contribution in [2.24, 2.45) is 12.8 Å². The van der Waals surface area contributed by atoms with E-state index < -0.39 is 17.2 Å². The van der Waals surface area contributed by atoms with Crippen LogP contribution in [0.15, 0.2) is 27.8 Å². The average Bonchev–Trinajstić information content (AvgIpc) is 3.23. The van der Waals surface area contributed by atoms with E-state index in [9.17, 15) is 19.5 Å². The Balaban J connectivity index is 1.94. The molecule has 0 bridgehead atoms. The number of ether oxygens (including phenoxy) is 1. The van der Waals surface area contributed by atoms with Crippen LogP contribution in [0.4, 0.5) is 5.95 Å². The molecule has 11 nitrogen and oxygen atoms in total. The molecule has 11 heteroatoms. The molecule has 184 valence electrons. The maximum atomic E-state index is 13.7. The summed E-state index contributed by atoms with van der Waals surface area (Å²) in [6.07, 6.45) is 1.80. The highest BCUT2D eigenvalue weighted by Gasteiger charge is 2.26. The second-order valence-electron chi connectivity index (χ2n) is 8.51. The average molecular weight is 481 g/mol. The zero-order chi connectivity index (χ0) is 25.3. The summed E-state index contributed by atoms with van der Waals surface area (Å²) in [5.41, 5.74) is 5.73. The molecular formula is C24H28N6O5. The zero-order valence-corrected chi connectivity index (χ0v) is 19.9. The monoisotopic (exact) mass is 480 g/mol. The maximum absolute atomic E-state index is 13.7. The lowest BCUT2D eigenvalue weighted by molar-refractivity contribution is 0.0695. The molecule has 0 radical (unpaired) electrons. The molecule has 3 heterocycles. The minimum Gasteiger partial charge on any atom is -0.497 e. The summed E-state index contributed by atoms with van der Waals surface area (Å²) in [5.74, 6) is 5.62. The number of carboxylic acids is 1. The van der Waals surface area contributed by atoms with E-state index in [0.29, 0.717) is 18.2 Å². The summed E-state index contributed by atoms with van der Waals surface area (Å²) in [4.78, 5) is 45.4. The summed E-state index contributed by atoms with van der Waals surface area (Å²) in [5, 5.41) is 9.63. The van der Waals surface area contributed by atoms with Gasteiger partial charge in [0.25, 0.3) is 5.56 Å². The largest absolute Gasteiger partial charge is 0.497 e. The van der Waals surface area contributed by atoms with E-state index in [1.807, 2.05) is 4.90 Å². The number of hydrogen-bond acceptors (Lipinski definition) is 7. The minimum absolute atomic E-state index is 0.0164. The van der Waals surface area contributed by atoms with Crippen molar-refractivity contribution in [3.8, 4) is 17.6 Å². The Bertz CT molecular complexity index is 1470. The van der Waals surface area contributed by atoms with Crippen LogP contribution in [0, 0.1) is 11.8 Å². The first-order valence-corrected chi connectivity index (χ1v) is 11.3. The smallest absolute Gasteiger partial charge is 0.336 e. The minimum atomic E-state index is -1.17. The van der Waals surface area contributed by atoms with E-state index in [4.69, 9.17) is 10.5 Å². The van der Waals surface area contributed by atoms with Crippen molar-refractivity contribution >= 4 is 23.1 Å². The van der Waals surface area contributed by atoms with Gasteiger partial charge in [-0.3, -0.25) is 18.5 Å². The number of imidazole rings is 1. The molecule has 1 saturated heterocycles. The molecule has 3 aromatic rings. The van der Waals surface area contributed by atoms with Gasteiger partial charge in [-0.2, -0.15) is 4.98 Å². The van der Waals surface area contributed by atoms with Crippen LogP contribution in [0.3, 0.4) is 0 Å². The number of hydrogen-bond donors (Lipinski definition) is 2. The van der Waals surface area contributed by atoms with Gasteiger partial charge >= 0.3 is 11.7 Å². The van der Waals surface area contributed by atoms with Gasteiger partial charge < -0.3 is 20.5 Å². The highest BCUT2D eigenvalue weighted by molar-refractivity contribution is 5.89. The lowest BCUT2D eigenvalue weighted by Crippen LogP contribution is -2.44. The zero-order valence-electron chi connectivity index (χ0n) is 19.9. The van der Waals surface area contributed by atoms with Gasteiger partial charge in [0.1, 0.15) is 5.75 Å². The first-order chi connectivity index (χ1) is 16.8. The summed E-state index contributed by atoms with van der Waals surface area (Å²) in [6.45, 7) is 2.98. The van der Waals surface area contributed by atoms with Crippen LogP contribution < -0.4 is 26.6 Å². The van der Waals surface area contributed by atoms with Crippen molar-refractivity contribution in [3.05, 3.63) is 50.2 Å². The normalized spacial score (nSPS) is 15.7. The third kappa shape index (κ3) is 4.40. The van der Waals surface area contributed by atoms with Crippen molar-refractivity contribution in [3.63, 3.8) is 0 Å². The number of fused-ring (bicyclic) bond motifs is 1. The van der Waals surface area contributed by atoms with Gasteiger partial charge in [0.15, 0.2) is 11.2 Å². The fourth-order valence-corrected chi connectivity index (χ4v) is 4.45. The van der Waals surface area contributed by atoms with Gasteiger partial charge in [-0.25, -0.2) is 9.59 Å². The number of nitrogens with two attached hydrogens (primary N) is 1. The van der Waals surface area contributed by atoms with Gasteiger partial charge in [-0.1, -0.05) is 5.92 Å². The lowest BCUT2D eigenvalue weighted by atomic mass is 10.1. The Morgan fingerprint density at radius 2 is 2.09 bits per heavy atom. The van der Waals surface area contributed by atoms with E-state index >= 15 is 0 Å². The highest BCUT2D eigenvalue weighted by atomic mass is 16.5. The van der Waals surface area contributed by atoms with Crippen LogP contribution in [0.2, 0.25) is 0 Å². The molecule has 0 spiro atoms. The lowest BCUT2D eigenvalue weighted by Gasteiger charge is -2.31. The van der Waals surface area contributed by atoms with Gasteiger partial charge in [0.05, 0.1) is 25.8 Å². The number of nitrogens with zero attached hydrogens (tertiary/aromatic N) is 5. The van der Waals surface area contributed by atoms with Crippen molar-refractivity contribution in [1.82, 2.24) is 18.7 Å². The second-order valence-corrected chi connectivity index (χ2v) is 8.51. The van der Waals surface area contributed by atoms with Gasteiger partial charge in [-0.05, 0) is 43.5 Å². The Labute approximate surface area is 201 Å². The standard InChI is InChI=1S/C24H28N6O5/c1-4-5-11-29-19-20(26-23(29)28-10-6-7-16(25)14-28)27(2)24(34)30(21(19)31)13-15-12-17(35-3)8-9-18(15)22(32)33/h8-9,12,16H,6-7,10-11,13-14,25H2,1-3H3,(H,32,33)/t16-/m1/s1. The third-order valence-corrected chi connectivity index (χ3v) is 6.24. The number of benzene rings is 1. The topological polar surface area (TPSA) is 138 Å². The summed E-state index contributed by atoms with van der Waals surface area (Å²) >= 11 is 0. The number of aryl methyl sites for hydroxylation is 1. The fraction of sp³-hybridized carbons (Fsp3) is 0.417. The van der Waals surface area contributed by atoms with Crippen LogP contribution >= 0.6 is 0 Å². The molecule has 1 atom stereocenters. The number of carbonyl (C=O) groups is 1. The highest BCUT2D eigenvalue weighted by Crippen LogP contribution is 2.23.